The van der Waals surface area contributed by atoms with Crippen molar-refractivity contribution in [2.75, 3.05) is 6.61 Å². The molecule has 0 aromatic heterocycles. The molecule has 0 bridgehead atoms. The van der Waals surface area contributed by atoms with Crippen LogP contribution in [0.4, 0.5) is 0 Å². The van der Waals surface area contributed by atoms with Crippen molar-refractivity contribution in [2.24, 2.45) is 5.10 Å². The number of hydrogen-bond donors (Lipinski definition) is 1. The Hall–Kier alpha value is -3.14. The van der Waals surface area contributed by atoms with E-state index in [1.807, 2.05) is 72.8 Å². The van der Waals surface area contributed by atoms with E-state index >= 15 is 0 Å². The molecule has 4 heteroatoms. The molecule has 0 aliphatic carbocycles. The smallest absolute Gasteiger partial charge is 0.277 e. The van der Waals surface area contributed by atoms with Gasteiger partial charge >= 0.3 is 0 Å². The van der Waals surface area contributed by atoms with Gasteiger partial charge in [-0.05, 0) is 41.3 Å². The van der Waals surface area contributed by atoms with E-state index in [1.165, 1.54) is 0 Å². The van der Waals surface area contributed by atoms with E-state index in [-0.39, 0.29) is 12.5 Å². The van der Waals surface area contributed by atoms with E-state index in [4.69, 9.17) is 4.74 Å². The van der Waals surface area contributed by atoms with Crippen LogP contribution in [0.25, 0.3) is 10.8 Å². The lowest BCUT2D eigenvalue weighted by molar-refractivity contribution is -0.123. The van der Waals surface area contributed by atoms with Crippen LogP contribution >= 0.6 is 0 Å². The second kappa shape index (κ2) is 10.3. The number of ether oxygens (including phenoxy) is 1. The van der Waals surface area contributed by atoms with Gasteiger partial charge in [0.25, 0.3) is 5.91 Å². The Bertz CT molecular complexity index is 936. The molecule has 0 saturated carbocycles. The monoisotopic (exact) mass is 374 g/mol. The molecule has 1 amide bonds. The number of rotatable bonds is 9. The van der Waals surface area contributed by atoms with E-state index in [1.54, 1.807) is 0 Å². The molecule has 3 rings (SSSR count). The summed E-state index contributed by atoms with van der Waals surface area (Å²) in [6.45, 7) is 2.10. The second-order valence-electron chi connectivity index (χ2n) is 6.71. The SMILES string of the molecule is CCCCC/C(=N\NC(=O)COc1ccc2ccccc2c1)c1ccccc1. The van der Waals surface area contributed by atoms with Gasteiger partial charge in [-0.25, -0.2) is 5.43 Å². The van der Waals surface area contributed by atoms with Crippen LogP contribution in [0, 0.1) is 0 Å². The molecule has 144 valence electrons. The van der Waals surface area contributed by atoms with Gasteiger partial charge in [0.15, 0.2) is 6.61 Å². The summed E-state index contributed by atoms with van der Waals surface area (Å²) in [5.74, 6) is 0.404. The number of nitrogens with one attached hydrogen (secondary N) is 1. The minimum absolute atomic E-state index is 0.0706. The summed E-state index contributed by atoms with van der Waals surface area (Å²) >= 11 is 0. The topological polar surface area (TPSA) is 50.7 Å². The van der Waals surface area contributed by atoms with E-state index in [0.29, 0.717) is 5.75 Å². The molecule has 1 N–H and O–H groups in total. The van der Waals surface area contributed by atoms with Crippen LogP contribution in [0.2, 0.25) is 0 Å². The first-order valence-corrected chi connectivity index (χ1v) is 9.78. The largest absolute Gasteiger partial charge is 0.484 e. The molecule has 0 atom stereocenters. The molecule has 4 nitrogen and oxygen atoms in total. The molecule has 28 heavy (non-hydrogen) atoms. The summed E-state index contributed by atoms with van der Waals surface area (Å²) in [5, 5.41) is 6.59. The van der Waals surface area contributed by atoms with Crippen LogP contribution in [0.5, 0.6) is 5.75 Å². The quantitative estimate of drug-likeness (QED) is 0.313. The number of unbranched alkanes of at least 4 members (excludes halogenated alkanes) is 2. The molecule has 0 radical (unpaired) electrons. The van der Waals surface area contributed by atoms with Crippen LogP contribution in [-0.2, 0) is 4.79 Å². The Morgan fingerprint density at radius 1 is 0.929 bits per heavy atom. The van der Waals surface area contributed by atoms with Gasteiger partial charge in [0, 0.05) is 0 Å². The third kappa shape index (κ3) is 5.68. The lowest BCUT2D eigenvalue weighted by atomic mass is 10.0. The van der Waals surface area contributed by atoms with Crippen LogP contribution in [0.3, 0.4) is 0 Å². The van der Waals surface area contributed by atoms with Crippen molar-refractivity contribution >= 4 is 22.4 Å². The van der Waals surface area contributed by atoms with Crippen LogP contribution in [-0.4, -0.2) is 18.2 Å². The first kappa shape index (κ1) is 19.6. The average Bonchev–Trinajstić information content (AvgIpc) is 2.75. The second-order valence-corrected chi connectivity index (χ2v) is 6.71. The molecular formula is C24H26N2O2. The maximum Gasteiger partial charge on any atom is 0.277 e. The van der Waals surface area contributed by atoms with Gasteiger partial charge in [0.1, 0.15) is 5.75 Å². The van der Waals surface area contributed by atoms with Crippen molar-refractivity contribution in [3.05, 3.63) is 78.4 Å². The van der Waals surface area contributed by atoms with Crippen molar-refractivity contribution in [1.29, 1.82) is 0 Å². The number of amides is 1. The van der Waals surface area contributed by atoms with Gasteiger partial charge < -0.3 is 4.74 Å². The van der Waals surface area contributed by atoms with Crippen LogP contribution < -0.4 is 10.2 Å². The van der Waals surface area contributed by atoms with Gasteiger partial charge in [-0.1, -0.05) is 80.4 Å². The molecule has 0 fully saturated rings. The molecule has 0 heterocycles. The Balaban J connectivity index is 1.59. The Morgan fingerprint density at radius 3 is 2.46 bits per heavy atom. The predicted octanol–water partition coefficient (Wildman–Crippen LogP) is 5.32. The van der Waals surface area contributed by atoms with Crippen molar-refractivity contribution in [3.63, 3.8) is 0 Å². The third-order valence-corrected chi connectivity index (χ3v) is 4.53. The van der Waals surface area contributed by atoms with E-state index in [0.717, 1.165) is 47.7 Å². The highest BCUT2D eigenvalue weighted by Gasteiger charge is 2.06. The maximum absolute atomic E-state index is 12.2. The predicted molar refractivity (Wildman–Crippen MR) is 115 cm³/mol. The van der Waals surface area contributed by atoms with E-state index in [2.05, 4.69) is 17.5 Å². The normalized spacial score (nSPS) is 11.4. The van der Waals surface area contributed by atoms with Gasteiger partial charge in [-0.3, -0.25) is 4.79 Å². The minimum atomic E-state index is -0.267. The fraction of sp³-hybridized carbons (Fsp3) is 0.250. The lowest BCUT2D eigenvalue weighted by Gasteiger charge is -2.09. The first-order valence-electron chi connectivity index (χ1n) is 9.78. The average molecular weight is 374 g/mol. The summed E-state index contributed by atoms with van der Waals surface area (Å²) in [6, 6.07) is 23.8. The number of hydrazone groups is 1. The molecule has 0 aliphatic heterocycles. The van der Waals surface area contributed by atoms with Crippen molar-refractivity contribution in [2.45, 2.75) is 32.6 Å². The molecular weight excluding hydrogens is 348 g/mol. The maximum atomic E-state index is 12.2. The highest BCUT2D eigenvalue weighted by Crippen LogP contribution is 2.20. The Kier molecular flexibility index (Phi) is 7.19. The first-order chi connectivity index (χ1) is 13.8. The Labute approximate surface area is 166 Å². The van der Waals surface area contributed by atoms with Crippen molar-refractivity contribution in [3.8, 4) is 5.75 Å². The summed E-state index contributed by atoms with van der Waals surface area (Å²) in [6.07, 6.45) is 4.18. The fourth-order valence-corrected chi connectivity index (χ4v) is 3.01. The molecule has 3 aromatic rings. The zero-order chi connectivity index (χ0) is 19.6. The van der Waals surface area contributed by atoms with E-state index < -0.39 is 0 Å². The zero-order valence-electron chi connectivity index (χ0n) is 16.2. The number of carbonyl (C=O) groups is 1. The fourth-order valence-electron chi connectivity index (χ4n) is 3.01. The van der Waals surface area contributed by atoms with Gasteiger partial charge in [0.2, 0.25) is 0 Å². The molecule has 0 aliphatic rings. The van der Waals surface area contributed by atoms with E-state index in [9.17, 15) is 4.79 Å². The summed E-state index contributed by atoms with van der Waals surface area (Å²) in [5.41, 5.74) is 4.57. The summed E-state index contributed by atoms with van der Waals surface area (Å²) in [7, 11) is 0. The minimum Gasteiger partial charge on any atom is -0.484 e. The highest BCUT2D eigenvalue weighted by molar-refractivity contribution is 6.01. The lowest BCUT2D eigenvalue weighted by Crippen LogP contribution is -2.26. The van der Waals surface area contributed by atoms with Gasteiger partial charge in [-0.2, -0.15) is 5.10 Å². The Morgan fingerprint density at radius 2 is 1.68 bits per heavy atom. The molecule has 0 unspecified atom stereocenters. The number of benzene rings is 3. The number of carbonyl (C=O) groups excluding carboxylic acids is 1. The molecule has 3 aromatic carbocycles. The zero-order valence-corrected chi connectivity index (χ0v) is 16.2. The standard InChI is InChI=1S/C24H26N2O2/c1-2-3-5-14-23(20-11-6-4-7-12-20)25-26-24(27)18-28-22-16-15-19-10-8-9-13-21(19)17-22/h4,6-13,15-17H,2-3,5,14,18H2,1H3,(H,26,27)/b25-23+. The molecule has 0 spiro atoms. The third-order valence-electron chi connectivity index (χ3n) is 4.53. The number of hydrogen-bond acceptors (Lipinski definition) is 3. The van der Waals surface area contributed by atoms with Crippen LogP contribution in [0.15, 0.2) is 77.9 Å². The molecule has 0 saturated heterocycles. The van der Waals surface area contributed by atoms with Crippen LogP contribution in [0.1, 0.15) is 38.2 Å². The van der Waals surface area contributed by atoms with Gasteiger partial charge in [0.05, 0.1) is 5.71 Å². The summed E-state index contributed by atoms with van der Waals surface area (Å²) < 4.78 is 5.63. The number of fused-ring (bicyclic) bond motifs is 1. The number of nitrogens with zero attached hydrogens (tertiary/aromatic N) is 1. The summed E-state index contributed by atoms with van der Waals surface area (Å²) in [4.78, 5) is 12.2. The van der Waals surface area contributed by atoms with Gasteiger partial charge in [-0.15, -0.1) is 0 Å². The highest BCUT2D eigenvalue weighted by atomic mass is 16.5. The van der Waals surface area contributed by atoms with Crippen molar-refractivity contribution < 1.29 is 9.53 Å². The van der Waals surface area contributed by atoms with Crippen molar-refractivity contribution in [1.82, 2.24) is 5.43 Å².